The van der Waals surface area contributed by atoms with E-state index in [0.717, 1.165) is 40.7 Å². The van der Waals surface area contributed by atoms with Gasteiger partial charge in [-0.25, -0.2) is 0 Å². The molecular weight excluding hydrogens is 454 g/mol. The second kappa shape index (κ2) is 12.8. The molecule has 6 nitrogen and oxygen atoms in total. The first-order valence-corrected chi connectivity index (χ1v) is 12.4. The first-order valence-electron chi connectivity index (χ1n) is 12.4. The van der Waals surface area contributed by atoms with Gasteiger partial charge in [0.1, 0.15) is 18.1 Å². The summed E-state index contributed by atoms with van der Waals surface area (Å²) in [7, 11) is 0. The molecule has 3 aromatic rings. The van der Waals surface area contributed by atoms with E-state index >= 15 is 0 Å². The predicted octanol–water partition coefficient (Wildman–Crippen LogP) is 5.92. The van der Waals surface area contributed by atoms with E-state index in [-0.39, 0.29) is 17.6 Å². The Labute approximate surface area is 212 Å². The van der Waals surface area contributed by atoms with E-state index in [1.165, 1.54) is 0 Å². The van der Waals surface area contributed by atoms with Crippen LogP contribution in [0.1, 0.15) is 53.2 Å². The van der Waals surface area contributed by atoms with Crippen LogP contribution in [0.15, 0.2) is 60.7 Å². The molecule has 36 heavy (non-hydrogen) atoms. The van der Waals surface area contributed by atoms with E-state index in [0.29, 0.717) is 37.3 Å². The lowest BCUT2D eigenvalue weighted by Gasteiger charge is -2.14. The molecule has 0 aliphatic carbocycles. The van der Waals surface area contributed by atoms with Crippen molar-refractivity contribution in [3.05, 3.63) is 82.9 Å². The molecular formula is C30H35NO5. The normalized spacial score (nSPS) is 11.6. The topological polar surface area (TPSA) is 95.9 Å². The van der Waals surface area contributed by atoms with E-state index in [9.17, 15) is 19.8 Å². The molecule has 1 atom stereocenters. The van der Waals surface area contributed by atoms with E-state index in [1.807, 2.05) is 62.4 Å². The minimum Gasteiger partial charge on any atom is -0.508 e. The average Bonchev–Trinajstić information content (AvgIpc) is 2.85. The quantitative estimate of drug-likeness (QED) is 0.275. The highest BCUT2D eigenvalue weighted by Crippen LogP contribution is 2.27. The third kappa shape index (κ3) is 7.35. The van der Waals surface area contributed by atoms with Gasteiger partial charge < -0.3 is 20.3 Å². The number of aryl methyl sites for hydroxylation is 2. The number of hydrogen-bond acceptors (Lipinski definition) is 4. The Morgan fingerprint density at radius 3 is 2.17 bits per heavy atom. The van der Waals surface area contributed by atoms with Crippen molar-refractivity contribution >= 4 is 11.9 Å². The standard InChI is InChI=1S/C30H35NO5/c1-4-5-6-24(30(34)35)19-22-7-13-27(14-8-22)36-16-15-31-29(33)28-20(2)17-25(18-21(28)3)23-9-11-26(32)12-10-23/h7-14,17-18,24,32H,4-6,15-16,19H2,1-3H3,(H,31,33)(H,34,35). The van der Waals surface area contributed by atoms with Crippen molar-refractivity contribution in [1.29, 1.82) is 0 Å². The van der Waals surface area contributed by atoms with Crippen LogP contribution in [0.3, 0.4) is 0 Å². The zero-order chi connectivity index (χ0) is 26.1. The molecule has 3 aromatic carbocycles. The molecule has 0 fully saturated rings. The zero-order valence-corrected chi connectivity index (χ0v) is 21.2. The number of amides is 1. The summed E-state index contributed by atoms with van der Waals surface area (Å²) in [5.41, 5.74) is 5.35. The van der Waals surface area contributed by atoms with Gasteiger partial charge in [0, 0.05) is 5.56 Å². The second-order valence-electron chi connectivity index (χ2n) is 9.16. The Bertz CT molecular complexity index is 1150. The molecule has 0 saturated carbocycles. The molecule has 0 bridgehead atoms. The Kier molecular flexibility index (Phi) is 9.51. The number of rotatable bonds is 12. The molecule has 3 N–H and O–H groups in total. The van der Waals surface area contributed by atoms with Crippen LogP contribution in [0.4, 0.5) is 0 Å². The fourth-order valence-electron chi connectivity index (χ4n) is 4.33. The third-order valence-electron chi connectivity index (χ3n) is 6.28. The van der Waals surface area contributed by atoms with Gasteiger partial charge in [-0.2, -0.15) is 0 Å². The van der Waals surface area contributed by atoms with Gasteiger partial charge in [0.15, 0.2) is 0 Å². The van der Waals surface area contributed by atoms with Crippen molar-refractivity contribution in [3.63, 3.8) is 0 Å². The first kappa shape index (κ1) is 26.8. The number of hydrogen-bond donors (Lipinski definition) is 3. The van der Waals surface area contributed by atoms with Crippen LogP contribution in [0, 0.1) is 19.8 Å². The number of benzene rings is 3. The van der Waals surface area contributed by atoms with Crippen LogP contribution in [0.5, 0.6) is 11.5 Å². The summed E-state index contributed by atoms with van der Waals surface area (Å²) in [5, 5.41) is 21.9. The summed E-state index contributed by atoms with van der Waals surface area (Å²) in [5.74, 6) is -0.364. The van der Waals surface area contributed by atoms with E-state index in [2.05, 4.69) is 12.2 Å². The molecule has 190 valence electrons. The fraction of sp³-hybridized carbons (Fsp3) is 0.333. The van der Waals surface area contributed by atoms with Gasteiger partial charge in [0.05, 0.1) is 12.5 Å². The Morgan fingerprint density at radius 1 is 0.944 bits per heavy atom. The molecule has 0 radical (unpaired) electrons. The monoisotopic (exact) mass is 489 g/mol. The molecule has 1 amide bonds. The minimum absolute atomic E-state index is 0.145. The van der Waals surface area contributed by atoms with Crippen LogP contribution in [0.2, 0.25) is 0 Å². The van der Waals surface area contributed by atoms with Crippen molar-refractivity contribution in [2.24, 2.45) is 5.92 Å². The van der Waals surface area contributed by atoms with Crippen LogP contribution >= 0.6 is 0 Å². The lowest BCUT2D eigenvalue weighted by atomic mass is 9.94. The SMILES string of the molecule is CCCCC(Cc1ccc(OCCNC(=O)c2c(C)cc(-c3ccc(O)cc3)cc2C)cc1)C(=O)O. The zero-order valence-electron chi connectivity index (χ0n) is 21.2. The summed E-state index contributed by atoms with van der Waals surface area (Å²) in [6.07, 6.45) is 3.08. The lowest BCUT2D eigenvalue weighted by Crippen LogP contribution is -2.29. The van der Waals surface area contributed by atoms with Crippen molar-refractivity contribution in [2.45, 2.75) is 46.5 Å². The maximum atomic E-state index is 12.8. The summed E-state index contributed by atoms with van der Waals surface area (Å²) >= 11 is 0. The molecule has 1 unspecified atom stereocenters. The summed E-state index contributed by atoms with van der Waals surface area (Å²) in [4.78, 5) is 24.3. The Morgan fingerprint density at radius 2 is 1.58 bits per heavy atom. The van der Waals surface area contributed by atoms with Crippen molar-refractivity contribution in [1.82, 2.24) is 5.32 Å². The number of phenolic OH excluding ortho intramolecular Hbond substituents is 1. The summed E-state index contributed by atoms with van der Waals surface area (Å²) < 4.78 is 5.76. The fourth-order valence-corrected chi connectivity index (χ4v) is 4.33. The number of carboxylic acid groups (broad SMARTS) is 1. The largest absolute Gasteiger partial charge is 0.508 e. The smallest absolute Gasteiger partial charge is 0.306 e. The minimum atomic E-state index is -0.750. The Balaban J connectivity index is 1.51. The van der Waals surface area contributed by atoms with Crippen molar-refractivity contribution in [3.8, 4) is 22.6 Å². The maximum absolute atomic E-state index is 12.8. The van der Waals surface area contributed by atoms with Crippen molar-refractivity contribution < 1.29 is 24.5 Å². The lowest BCUT2D eigenvalue weighted by molar-refractivity contribution is -0.142. The molecule has 0 saturated heterocycles. The van der Waals surface area contributed by atoms with Gasteiger partial charge in [-0.05, 0) is 78.8 Å². The van der Waals surface area contributed by atoms with Gasteiger partial charge in [-0.1, -0.05) is 56.2 Å². The number of aromatic hydroxyl groups is 1. The van der Waals surface area contributed by atoms with Gasteiger partial charge in [-0.3, -0.25) is 9.59 Å². The highest BCUT2D eigenvalue weighted by atomic mass is 16.5. The van der Waals surface area contributed by atoms with Gasteiger partial charge in [0.2, 0.25) is 0 Å². The van der Waals surface area contributed by atoms with Gasteiger partial charge in [0.25, 0.3) is 5.91 Å². The molecule has 0 heterocycles. The predicted molar refractivity (Wildman–Crippen MR) is 142 cm³/mol. The van der Waals surface area contributed by atoms with Crippen LogP contribution in [-0.2, 0) is 11.2 Å². The molecule has 0 aliphatic heterocycles. The van der Waals surface area contributed by atoms with Crippen LogP contribution in [-0.4, -0.2) is 35.2 Å². The molecule has 6 heteroatoms. The van der Waals surface area contributed by atoms with Crippen molar-refractivity contribution in [2.75, 3.05) is 13.2 Å². The van der Waals surface area contributed by atoms with Gasteiger partial charge >= 0.3 is 5.97 Å². The van der Waals surface area contributed by atoms with Gasteiger partial charge in [-0.15, -0.1) is 0 Å². The number of aliphatic carboxylic acids is 1. The third-order valence-corrected chi connectivity index (χ3v) is 6.28. The number of carbonyl (C=O) groups is 2. The first-order chi connectivity index (χ1) is 17.3. The second-order valence-corrected chi connectivity index (χ2v) is 9.16. The number of phenols is 1. The van der Waals surface area contributed by atoms with E-state index < -0.39 is 5.97 Å². The highest BCUT2D eigenvalue weighted by Gasteiger charge is 2.17. The summed E-state index contributed by atoms with van der Waals surface area (Å²) in [6, 6.07) is 18.4. The number of carbonyl (C=O) groups excluding carboxylic acids is 1. The van der Waals surface area contributed by atoms with Crippen LogP contribution in [0.25, 0.3) is 11.1 Å². The molecule has 0 aliphatic rings. The van der Waals surface area contributed by atoms with E-state index in [1.54, 1.807) is 12.1 Å². The maximum Gasteiger partial charge on any atom is 0.306 e. The summed E-state index contributed by atoms with van der Waals surface area (Å²) in [6.45, 7) is 6.58. The average molecular weight is 490 g/mol. The van der Waals surface area contributed by atoms with Crippen LogP contribution < -0.4 is 10.1 Å². The molecule has 3 rings (SSSR count). The molecule has 0 spiro atoms. The Hall–Kier alpha value is -3.80. The number of nitrogens with one attached hydrogen (secondary N) is 1. The number of unbranched alkanes of at least 4 members (excludes halogenated alkanes) is 1. The highest BCUT2D eigenvalue weighted by molar-refractivity contribution is 5.97. The number of ether oxygens (including phenoxy) is 1. The molecule has 0 aromatic heterocycles. The van der Waals surface area contributed by atoms with E-state index in [4.69, 9.17) is 4.74 Å². The number of carboxylic acids is 1.